The molecular weight excluding hydrogens is 368 g/mol. The molecule has 0 amide bonds. The summed E-state index contributed by atoms with van der Waals surface area (Å²) in [7, 11) is 0. The number of fused-ring (bicyclic) bond motifs is 6. The number of allylic oxidation sites excluding steroid dienone is 1. The van der Waals surface area contributed by atoms with Crippen LogP contribution in [0.25, 0.3) is 0 Å². The first-order chi connectivity index (χ1) is 13.4. The summed E-state index contributed by atoms with van der Waals surface area (Å²) in [5.41, 5.74) is -0.872. The number of carbonyl (C=O) groups excluding carboxylic acids is 2. The molecule has 3 saturated carbocycles. The molecule has 1 heterocycles. The Morgan fingerprint density at radius 3 is 2.45 bits per heavy atom. The van der Waals surface area contributed by atoms with Crippen LogP contribution < -0.4 is 0 Å². The van der Waals surface area contributed by atoms with Crippen LogP contribution in [-0.2, 0) is 19.1 Å². The number of aliphatic hydroxyl groups is 1. The number of ketones is 2. The lowest BCUT2D eigenvalue weighted by Gasteiger charge is -2.59. The summed E-state index contributed by atoms with van der Waals surface area (Å²) in [6.45, 7) is 9.82. The Hall–Kier alpha value is -1.04. The van der Waals surface area contributed by atoms with Gasteiger partial charge in [-0.05, 0) is 82.3 Å². The van der Waals surface area contributed by atoms with Crippen LogP contribution in [0.4, 0.5) is 0 Å². The van der Waals surface area contributed by atoms with E-state index in [2.05, 4.69) is 13.8 Å². The minimum absolute atomic E-state index is 0.00472. The van der Waals surface area contributed by atoms with E-state index >= 15 is 0 Å². The molecule has 1 aliphatic heterocycles. The number of rotatable bonds is 1. The normalized spacial score (nSPS) is 52.8. The van der Waals surface area contributed by atoms with Crippen molar-refractivity contribution in [2.24, 2.45) is 28.6 Å². The summed E-state index contributed by atoms with van der Waals surface area (Å²) in [6, 6.07) is 0. The van der Waals surface area contributed by atoms with Crippen molar-refractivity contribution in [3.63, 3.8) is 0 Å². The Kier molecular flexibility index (Phi) is 3.98. The third kappa shape index (κ3) is 2.44. The second-order valence-corrected chi connectivity index (χ2v) is 11.3. The number of ether oxygens (including phenoxy) is 2. The molecule has 8 atom stereocenters. The lowest BCUT2D eigenvalue weighted by Crippen LogP contribution is -2.60. The second kappa shape index (κ2) is 5.80. The van der Waals surface area contributed by atoms with E-state index in [9.17, 15) is 14.7 Å². The first kappa shape index (κ1) is 19.9. The smallest absolute Gasteiger partial charge is 0.163 e. The fraction of sp³-hybridized carbons (Fsp3) is 0.833. The van der Waals surface area contributed by atoms with Crippen LogP contribution in [0.5, 0.6) is 0 Å². The molecule has 4 fully saturated rings. The summed E-state index contributed by atoms with van der Waals surface area (Å²) in [6.07, 6.45) is 6.21. The molecule has 5 aliphatic rings. The van der Waals surface area contributed by atoms with E-state index in [0.29, 0.717) is 19.3 Å². The molecule has 0 aromatic carbocycles. The van der Waals surface area contributed by atoms with Gasteiger partial charge < -0.3 is 14.6 Å². The third-order valence-electron chi connectivity index (χ3n) is 9.43. The molecule has 0 radical (unpaired) electrons. The molecule has 5 rings (SSSR count). The predicted octanol–water partition coefficient (Wildman–Crippen LogP) is 3.58. The van der Waals surface area contributed by atoms with Crippen molar-refractivity contribution in [2.45, 2.75) is 96.7 Å². The van der Waals surface area contributed by atoms with Gasteiger partial charge in [0.1, 0.15) is 5.78 Å². The maximum atomic E-state index is 13.3. The van der Waals surface area contributed by atoms with Gasteiger partial charge in [0, 0.05) is 17.3 Å². The summed E-state index contributed by atoms with van der Waals surface area (Å²) < 4.78 is 12.3. The van der Waals surface area contributed by atoms with Crippen LogP contribution in [0, 0.1) is 28.6 Å². The van der Waals surface area contributed by atoms with Crippen LogP contribution in [0.1, 0.15) is 73.1 Å². The highest BCUT2D eigenvalue weighted by Gasteiger charge is 2.67. The van der Waals surface area contributed by atoms with Crippen LogP contribution in [0.3, 0.4) is 0 Å². The van der Waals surface area contributed by atoms with Crippen molar-refractivity contribution < 1.29 is 24.2 Å². The van der Waals surface area contributed by atoms with Gasteiger partial charge in [-0.2, -0.15) is 0 Å². The van der Waals surface area contributed by atoms with Crippen molar-refractivity contribution in [1.82, 2.24) is 0 Å². The van der Waals surface area contributed by atoms with Gasteiger partial charge in [0.25, 0.3) is 0 Å². The minimum atomic E-state index is -1.06. The first-order valence-electron chi connectivity index (χ1n) is 11.3. The van der Waals surface area contributed by atoms with E-state index in [0.717, 1.165) is 24.8 Å². The van der Waals surface area contributed by atoms with E-state index in [1.54, 1.807) is 13.0 Å². The number of carbonyl (C=O) groups is 2. The van der Waals surface area contributed by atoms with Gasteiger partial charge >= 0.3 is 0 Å². The molecule has 0 spiro atoms. The number of Topliss-reactive ketones (excluding diaryl/α,β-unsaturated/α-hetero) is 1. The van der Waals surface area contributed by atoms with Crippen LogP contribution in [0.2, 0.25) is 0 Å². The van der Waals surface area contributed by atoms with Crippen molar-refractivity contribution in [3.8, 4) is 0 Å². The van der Waals surface area contributed by atoms with Gasteiger partial charge in [0.05, 0.1) is 17.8 Å². The third-order valence-corrected chi connectivity index (χ3v) is 9.43. The number of hydrogen-bond acceptors (Lipinski definition) is 5. The van der Waals surface area contributed by atoms with Gasteiger partial charge in [-0.25, -0.2) is 0 Å². The second-order valence-electron chi connectivity index (χ2n) is 11.3. The zero-order chi connectivity index (χ0) is 21.0. The molecule has 5 nitrogen and oxygen atoms in total. The molecule has 0 aromatic heterocycles. The summed E-state index contributed by atoms with van der Waals surface area (Å²) in [4.78, 5) is 25.7. The molecule has 29 heavy (non-hydrogen) atoms. The van der Waals surface area contributed by atoms with Crippen LogP contribution in [0.15, 0.2) is 11.6 Å². The Balaban J connectivity index is 1.55. The Morgan fingerprint density at radius 1 is 1.07 bits per heavy atom. The molecule has 5 heteroatoms. The molecule has 4 aliphatic carbocycles. The maximum absolute atomic E-state index is 13.3. The highest BCUT2D eigenvalue weighted by Crippen LogP contribution is 2.67. The van der Waals surface area contributed by atoms with E-state index in [1.165, 1.54) is 0 Å². The lowest BCUT2D eigenvalue weighted by atomic mass is 9.46. The Bertz CT molecular complexity index is 814. The van der Waals surface area contributed by atoms with Crippen molar-refractivity contribution in [1.29, 1.82) is 0 Å². The van der Waals surface area contributed by atoms with Crippen molar-refractivity contribution in [3.05, 3.63) is 11.6 Å². The van der Waals surface area contributed by atoms with Gasteiger partial charge in [0.2, 0.25) is 0 Å². The molecule has 1 N–H and O–H groups in total. The summed E-state index contributed by atoms with van der Waals surface area (Å²) in [5.74, 6) is -0.391. The SMILES string of the molecule is CC(=O)[C@H]1CC[C@@]2(O)C3=CC(=O)[C@@H]4C[C@H]5OC(C)(C)O[C@H]5C[C@]4(C)[C@H]3CC[C@]12C. The summed E-state index contributed by atoms with van der Waals surface area (Å²) >= 11 is 0. The first-order valence-corrected chi connectivity index (χ1v) is 11.3. The minimum Gasteiger partial charge on any atom is -0.385 e. The van der Waals surface area contributed by atoms with Gasteiger partial charge in [-0.1, -0.05) is 13.8 Å². The molecule has 1 saturated heterocycles. The van der Waals surface area contributed by atoms with E-state index < -0.39 is 16.8 Å². The average molecular weight is 403 g/mol. The van der Waals surface area contributed by atoms with E-state index in [1.807, 2.05) is 13.8 Å². The van der Waals surface area contributed by atoms with Crippen LogP contribution in [-0.4, -0.2) is 40.3 Å². The van der Waals surface area contributed by atoms with Gasteiger partial charge in [0.15, 0.2) is 11.6 Å². The fourth-order valence-corrected chi connectivity index (χ4v) is 7.98. The molecule has 0 unspecified atom stereocenters. The Morgan fingerprint density at radius 2 is 1.76 bits per heavy atom. The number of hydrogen-bond donors (Lipinski definition) is 1. The van der Waals surface area contributed by atoms with Gasteiger partial charge in [-0.15, -0.1) is 0 Å². The average Bonchev–Trinajstić information content (AvgIpc) is 3.05. The van der Waals surface area contributed by atoms with Crippen molar-refractivity contribution in [2.75, 3.05) is 0 Å². The zero-order valence-electron chi connectivity index (χ0n) is 18.3. The zero-order valence-corrected chi connectivity index (χ0v) is 18.3. The lowest BCUT2D eigenvalue weighted by molar-refractivity contribution is -0.147. The standard InChI is InChI=1S/C24H34O5/c1-13(25)14-7-9-24(27)16-10-18(26)17-11-19-20(29-21(2,3)28-19)12-22(17,4)15(16)6-8-23(14,24)5/h10,14-15,17,19-20,27H,6-9,11-12H2,1-5H3/t14-,15+,17+,19-,20+,22-,23-,24-/m1/s1. The van der Waals surface area contributed by atoms with Gasteiger partial charge in [-0.3, -0.25) is 9.59 Å². The summed E-state index contributed by atoms with van der Waals surface area (Å²) in [5, 5.41) is 11.9. The molecule has 0 bridgehead atoms. The predicted molar refractivity (Wildman–Crippen MR) is 107 cm³/mol. The monoisotopic (exact) mass is 402 g/mol. The largest absolute Gasteiger partial charge is 0.385 e. The molecular formula is C24H34O5. The highest BCUT2D eigenvalue weighted by atomic mass is 16.7. The quantitative estimate of drug-likeness (QED) is 0.726. The van der Waals surface area contributed by atoms with E-state index in [4.69, 9.17) is 9.47 Å². The van der Waals surface area contributed by atoms with E-state index in [-0.39, 0.29) is 46.9 Å². The highest BCUT2D eigenvalue weighted by molar-refractivity contribution is 5.95. The van der Waals surface area contributed by atoms with Crippen LogP contribution >= 0.6 is 0 Å². The fourth-order valence-electron chi connectivity index (χ4n) is 7.98. The molecule has 160 valence electrons. The maximum Gasteiger partial charge on any atom is 0.163 e. The molecule has 0 aromatic rings. The topological polar surface area (TPSA) is 72.8 Å². The van der Waals surface area contributed by atoms with Crippen molar-refractivity contribution >= 4 is 11.6 Å². The Labute approximate surface area is 173 Å².